The molecule has 0 N–H and O–H groups in total. The third-order valence-corrected chi connectivity index (χ3v) is 4.35. The van der Waals surface area contributed by atoms with Crippen LogP contribution in [0.25, 0.3) is 0 Å². The van der Waals surface area contributed by atoms with E-state index in [0.717, 1.165) is 13.1 Å². The maximum absolute atomic E-state index is 12.7. The Morgan fingerprint density at radius 1 is 1.27 bits per heavy atom. The zero-order chi connectivity index (χ0) is 11.1. The summed E-state index contributed by atoms with van der Waals surface area (Å²) in [6, 6.07) is 0. The van der Waals surface area contributed by atoms with E-state index >= 15 is 0 Å². The van der Waals surface area contributed by atoms with Crippen LogP contribution < -0.4 is 0 Å². The Hall–Kier alpha value is -0.180. The van der Waals surface area contributed by atoms with Crippen molar-refractivity contribution in [3.8, 4) is 0 Å². The van der Waals surface area contributed by atoms with Gasteiger partial charge in [-0.25, -0.2) is 8.78 Å². The molecule has 0 aromatic carbocycles. The Bertz CT molecular complexity index is 232. The van der Waals surface area contributed by atoms with Crippen LogP contribution in [0.3, 0.4) is 0 Å². The van der Waals surface area contributed by atoms with Gasteiger partial charge in [0.1, 0.15) is 0 Å². The first-order valence-electron chi connectivity index (χ1n) is 6.05. The molecule has 1 saturated heterocycles. The minimum absolute atomic E-state index is 0.120. The van der Waals surface area contributed by atoms with E-state index in [1.807, 2.05) is 0 Å². The van der Waals surface area contributed by atoms with Crippen LogP contribution in [0.4, 0.5) is 8.78 Å². The summed E-state index contributed by atoms with van der Waals surface area (Å²) in [5.74, 6) is -2.69. The predicted molar refractivity (Wildman–Crippen MR) is 57.1 cm³/mol. The molecule has 2 rings (SSSR count). The normalized spacial score (nSPS) is 34.0. The lowest BCUT2D eigenvalue weighted by Crippen LogP contribution is -2.39. The van der Waals surface area contributed by atoms with Gasteiger partial charge in [-0.2, -0.15) is 0 Å². The smallest absolute Gasteiger partial charge is 0.252 e. The number of hydrogen-bond donors (Lipinski definition) is 0. The number of hydrogen-bond acceptors (Lipinski definition) is 1. The second-order valence-electron chi connectivity index (χ2n) is 5.63. The van der Waals surface area contributed by atoms with E-state index in [2.05, 4.69) is 18.7 Å². The number of rotatable bonds is 3. The SMILES string of the molecule is CCC1(C)CCN(CC2CC2(F)F)CC1. The van der Waals surface area contributed by atoms with Crippen molar-refractivity contribution in [1.82, 2.24) is 4.90 Å². The lowest BCUT2D eigenvalue weighted by Gasteiger charge is -2.39. The topological polar surface area (TPSA) is 3.24 Å². The van der Waals surface area contributed by atoms with Gasteiger partial charge in [-0.05, 0) is 31.3 Å². The van der Waals surface area contributed by atoms with E-state index in [1.165, 1.54) is 19.3 Å². The van der Waals surface area contributed by atoms with E-state index < -0.39 is 5.92 Å². The van der Waals surface area contributed by atoms with Crippen LogP contribution >= 0.6 is 0 Å². The average molecular weight is 217 g/mol. The van der Waals surface area contributed by atoms with Gasteiger partial charge < -0.3 is 4.90 Å². The van der Waals surface area contributed by atoms with Crippen molar-refractivity contribution < 1.29 is 8.78 Å². The monoisotopic (exact) mass is 217 g/mol. The molecule has 3 heteroatoms. The maximum Gasteiger partial charge on any atom is 0.252 e. The molecule has 15 heavy (non-hydrogen) atoms. The largest absolute Gasteiger partial charge is 0.303 e. The van der Waals surface area contributed by atoms with Gasteiger partial charge in [0, 0.05) is 18.9 Å². The van der Waals surface area contributed by atoms with E-state index in [-0.39, 0.29) is 12.3 Å². The number of halogens is 2. The lowest BCUT2D eigenvalue weighted by atomic mass is 9.78. The highest BCUT2D eigenvalue weighted by atomic mass is 19.3. The summed E-state index contributed by atoms with van der Waals surface area (Å²) in [6.07, 6.45) is 3.67. The molecular weight excluding hydrogens is 196 g/mol. The molecule has 1 atom stereocenters. The second-order valence-corrected chi connectivity index (χ2v) is 5.63. The molecule has 0 aromatic rings. The van der Waals surface area contributed by atoms with E-state index in [1.54, 1.807) is 0 Å². The summed E-state index contributed by atoms with van der Waals surface area (Å²) in [6.45, 7) is 7.18. The zero-order valence-corrected chi connectivity index (χ0v) is 9.73. The molecule has 2 fully saturated rings. The predicted octanol–water partition coefficient (Wildman–Crippen LogP) is 3.15. The van der Waals surface area contributed by atoms with Gasteiger partial charge in [0.25, 0.3) is 5.92 Å². The molecule has 88 valence electrons. The molecule has 0 amide bonds. The third kappa shape index (κ3) is 2.49. The second kappa shape index (κ2) is 3.69. The van der Waals surface area contributed by atoms with Crippen LogP contribution in [0.15, 0.2) is 0 Å². The van der Waals surface area contributed by atoms with Crippen molar-refractivity contribution in [1.29, 1.82) is 0 Å². The number of alkyl halides is 2. The van der Waals surface area contributed by atoms with Crippen LogP contribution in [-0.4, -0.2) is 30.5 Å². The molecule has 0 aromatic heterocycles. The Kier molecular flexibility index (Phi) is 2.78. The van der Waals surface area contributed by atoms with Crippen LogP contribution in [0.5, 0.6) is 0 Å². The molecule has 2 aliphatic rings. The molecular formula is C12H21F2N. The fourth-order valence-corrected chi connectivity index (χ4v) is 2.41. The Balaban J connectivity index is 1.75. The van der Waals surface area contributed by atoms with Crippen LogP contribution in [0.2, 0.25) is 0 Å². The first-order chi connectivity index (χ1) is 6.95. The third-order valence-electron chi connectivity index (χ3n) is 4.35. The number of likely N-dealkylation sites (tertiary alicyclic amines) is 1. The van der Waals surface area contributed by atoms with E-state index in [4.69, 9.17) is 0 Å². The van der Waals surface area contributed by atoms with E-state index in [0.29, 0.717) is 12.0 Å². The van der Waals surface area contributed by atoms with Crippen molar-refractivity contribution in [2.75, 3.05) is 19.6 Å². The maximum atomic E-state index is 12.7. The quantitative estimate of drug-likeness (QED) is 0.702. The Morgan fingerprint density at radius 2 is 1.80 bits per heavy atom. The summed E-state index contributed by atoms with van der Waals surface area (Å²) >= 11 is 0. The van der Waals surface area contributed by atoms with Gasteiger partial charge >= 0.3 is 0 Å². The van der Waals surface area contributed by atoms with Crippen LogP contribution in [0.1, 0.15) is 39.5 Å². The highest BCUT2D eigenvalue weighted by Crippen LogP contribution is 2.49. The first-order valence-corrected chi connectivity index (χ1v) is 6.05. The Morgan fingerprint density at radius 3 is 2.20 bits per heavy atom. The molecule has 1 aliphatic carbocycles. The van der Waals surface area contributed by atoms with Crippen molar-refractivity contribution in [2.45, 2.75) is 45.5 Å². The summed E-state index contributed by atoms with van der Waals surface area (Å²) in [7, 11) is 0. The Labute approximate surface area is 90.8 Å². The average Bonchev–Trinajstić information content (AvgIpc) is 2.78. The molecule has 1 aliphatic heterocycles. The van der Waals surface area contributed by atoms with Gasteiger partial charge in [0.05, 0.1) is 0 Å². The lowest BCUT2D eigenvalue weighted by molar-refractivity contribution is 0.0683. The number of nitrogens with zero attached hydrogens (tertiary/aromatic N) is 1. The minimum Gasteiger partial charge on any atom is -0.303 e. The van der Waals surface area contributed by atoms with Crippen molar-refractivity contribution in [3.05, 3.63) is 0 Å². The summed E-state index contributed by atoms with van der Waals surface area (Å²) in [5, 5.41) is 0. The first kappa shape index (κ1) is 11.3. The van der Waals surface area contributed by atoms with Gasteiger partial charge in [-0.3, -0.25) is 0 Å². The van der Waals surface area contributed by atoms with Gasteiger partial charge in [0.2, 0.25) is 0 Å². The van der Waals surface area contributed by atoms with Gasteiger partial charge in [0.15, 0.2) is 0 Å². The number of piperidine rings is 1. The summed E-state index contributed by atoms with van der Waals surface area (Å²) in [5.41, 5.74) is 0.461. The molecule has 1 unspecified atom stereocenters. The standard InChI is InChI=1S/C12H21F2N/c1-3-11(2)4-6-15(7-5-11)9-10-8-12(10,13)14/h10H,3-9H2,1-2H3. The van der Waals surface area contributed by atoms with Crippen LogP contribution in [-0.2, 0) is 0 Å². The van der Waals surface area contributed by atoms with Gasteiger partial charge in [-0.1, -0.05) is 20.3 Å². The van der Waals surface area contributed by atoms with Crippen molar-refractivity contribution in [2.24, 2.45) is 11.3 Å². The molecule has 0 spiro atoms. The fourth-order valence-electron chi connectivity index (χ4n) is 2.41. The zero-order valence-electron chi connectivity index (χ0n) is 9.73. The molecule has 0 radical (unpaired) electrons. The summed E-state index contributed by atoms with van der Waals surface area (Å²) < 4.78 is 25.5. The van der Waals surface area contributed by atoms with Gasteiger partial charge in [-0.15, -0.1) is 0 Å². The van der Waals surface area contributed by atoms with Crippen molar-refractivity contribution in [3.63, 3.8) is 0 Å². The minimum atomic E-state index is -2.34. The van der Waals surface area contributed by atoms with Crippen molar-refractivity contribution >= 4 is 0 Å². The highest BCUT2D eigenvalue weighted by molar-refractivity contribution is 4.97. The molecule has 1 saturated carbocycles. The molecule has 0 bridgehead atoms. The highest BCUT2D eigenvalue weighted by Gasteiger charge is 2.57. The summed E-state index contributed by atoms with van der Waals surface area (Å²) in [4.78, 5) is 2.23. The van der Waals surface area contributed by atoms with E-state index in [9.17, 15) is 8.78 Å². The molecule has 1 nitrogen and oxygen atoms in total. The van der Waals surface area contributed by atoms with Crippen LogP contribution in [0, 0.1) is 11.3 Å². The fraction of sp³-hybridized carbons (Fsp3) is 1.00. The molecule has 1 heterocycles.